The standard InChI is InChI=1S/C11H6Cl2F2OS/c1-5-7-4-6(12)2-3-8(7)17-9(5)10(16)11(13,14)15/h2-4H,1H3. The Hall–Kier alpha value is -0.710. The molecule has 0 saturated carbocycles. The van der Waals surface area contributed by atoms with Crippen molar-refractivity contribution in [2.75, 3.05) is 0 Å². The number of hydrogen-bond donors (Lipinski definition) is 0. The fourth-order valence-corrected chi connectivity index (χ4v) is 3.02. The van der Waals surface area contributed by atoms with Gasteiger partial charge in [-0.15, -0.1) is 11.3 Å². The molecule has 2 rings (SSSR count). The van der Waals surface area contributed by atoms with Gasteiger partial charge in [-0.3, -0.25) is 4.79 Å². The summed E-state index contributed by atoms with van der Waals surface area (Å²) in [5, 5.41) is -2.67. The molecule has 0 spiro atoms. The lowest BCUT2D eigenvalue weighted by Gasteiger charge is -2.04. The van der Waals surface area contributed by atoms with Crippen LogP contribution in [0.2, 0.25) is 5.02 Å². The molecule has 6 heteroatoms. The van der Waals surface area contributed by atoms with Gasteiger partial charge in [0.05, 0.1) is 4.88 Å². The van der Waals surface area contributed by atoms with Crippen LogP contribution in [0.15, 0.2) is 18.2 Å². The zero-order valence-corrected chi connectivity index (χ0v) is 10.9. The minimum absolute atomic E-state index is 0.0257. The summed E-state index contributed by atoms with van der Waals surface area (Å²) in [6.07, 6.45) is 0. The van der Waals surface area contributed by atoms with E-state index in [9.17, 15) is 13.6 Å². The van der Waals surface area contributed by atoms with Crippen molar-refractivity contribution < 1.29 is 13.6 Å². The van der Waals surface area contributed by atoms with Crippen LogP contribution in [0.3, 0.4) is 0 Å². The van der Waals surface area contributed by atoms with Gasteiger partial charge in [-0.1, -0.05) is 11.6 Å². The molecule has 0 N–H and O–H groups in total. The number of carbonyl (C=O) groups excluding carboxylic acids is 1. The van der Waals surface area contributed by atoms with E-state index in [4.69, 9.17) is 23.2 Å². The van der Waals surface area contributed by atoms with Crippen LogP contribution in [0.4, 0.5) is 8.78 Å². The van der Waals surface area contributed by atoms with E-state index < -0.39 is 11.2 Å². The third-order valence-electron chi connectivity index (χ3n) is 2.36. The molecule has 0 aliphatic rings. The molecule has 0 aliphatic heterocycles. The number of carbonyl (C=O) groups is 1. The number of thiophene rings is 1. The van der Waals surface area contributed by atoms with Crippen LogP contribution in [0.5, 0.6) is 0 Å². The number of aryl methyl sites for hydroxylation is 1. The summed E-state index contributed by atoms with van der Waals surface area (Å²) < 4.78 is 26.3. The normalized spacial score (nSPS) is 12.1. The van der Waals surface area contributed by atoms with Crippen molar-refractivity contribution in [3.05, 3.63) is 33.7 Å². The Bertz CT molecular complexity index is 601. The molecule has 0 radical (unpaired) electrons. The van der Waals surface area contributed by atoms with Gasteiger partial charge in [0.1, 0.15) is 0 Å². The molecule has 1 aromatic carbocycles. The lowest BCUT2D eigenvalue weighted by Crippen LogP contribution is -2.20. The van der Waals surface area contributed by atoms with E-state index in [2.05, 4.69) is 0 Å². The largest absolute Gasteiger partial charge is 0.385 e. The van der Waals surface area contributed by atoms with E-state index in [1.807, 2.05) is 0 Å². The summed E-state index contributed by atoms with van der Waals surface area (Å²) in [4.78, 5) is 11.4. The Morgan fingerprint density at radius 1 is 1.41 bits per heavy atom. The van der Waals surface area contributed by atoms with Crippen molar-refractivity contribution in [1.29, 1.82) is 0 Å². The van der Waals surface area contributed by atoms with Gasteiger partial charge in [-0.05, 0) is 47.7 Å². The highest BCUT2D eigenvalue weighted by atomic mass is 35.5. The number of alkyl halides is 3. The lowest BCUT2D eigenvalue weighted by molar-refractivity contribution is 0.0540. The SMILES string of the molecule is Cc1c(C(=O)C(F)(F)Cl)sc2ccc(Cl)cc12. The number of halogens is 4. The van der Waals surface area contributed by atoms with Crippen molar-refractivity contribution in [3.63, 3.8) is 0 Å². The van der Waals surface area contributed by atoms with E-state index in [0.29, 0.717) is 16.0 Å². The number of benzene rings is 1. The minimum Gasteiger partial charge on any atom is -0.285 e. The lowest BCUT2D eigenvalue weighted by atomic mass is 10.1. The fraction of sp³-hybridized carbons (Fsp3) is 0.182. The second-order valence-electron chi connectivity index (χ2n) is 3.52. The molecule has 0 unspecified atom stereocenters. The molecule has 1 nitrogen and oxygen atoms in total. The maximum Gasteiger partial charge on any atom is 0.385 e. The third-order valence-corrected chi connectivity index (χ3v) is 4.04. The van der Waals surface area contributed by atoms with Crippen LogP contribution in [-0.2, 0) is 0 Å². The first-order valence-electron chi connectivity index (χ1n) is 4.61. The maximum absolute atomic E-state index is 12.8. The molecule has 0 bridgehead atoms. The molecule has 17 heavy (non-hydrogen) atoms. The summed E-state index contributed by atoms with van der Waals surface area (Å²) in [5.74, 6) is -1.37. The second-order valence-corrected chi connectivity index (χ2v) is 5.49. The third kappa shape index (κ3) is 2.30. The molecule has 1 heterocycles. The van der Waals surface area contributed by atoms with Gasteiger partial charge < -0.3 is 0 Å². The topological polar surface area (TPSA) is 17.1 Å². The van der Waals surface area contributed by atoms with E-state index in [1.54, 1.807) is 25.1 Å². The monoisotopic (exact) mass is 294 g/mol. The number of ketones is 1. The molecule has 1 aromatic heterocycles. The summed E-state index contributed by atoms with van der Waals surface area (Å²) in [5.41, 5.74) is 0.484. The summed E-state index contributed by atoms with van der Waals surface area (Å²) >= 11 is 11.6. The van der Waals surface area contributed by atoms with Gasteiger partial charge in [0.15, 0.2) is 0 Å². The van der Waals surface area contributed by atoms with Gasteiger partial charge in [0.2, 0.25) is 0 Å². The average molecular weight is 295 g/mol. The number of rotatable bonds is 2. The smallest absolute Gasteiger partial charge is 0.285 e. The Balaban J connectivity index is 2.65. The number of Topliss-reactive ketones (excluding diaryl/α,β-unsaturated/α-hetero) is 1. The molecule has 0 amide bonds. The molecule has 0 aliphatic carbocycles. The Kier molecular flexibility index (Phi) is 3.14. The van der Waals surface area contributed by atoms with Gasteiger partial charge in [-0.2, -0.15) is 8.78 Å². The van der Waals surface area contributed by atoms with Crippen LogP contribution in [0.1, 0.15) is 15.2 Å². The first kappa shape index (κ1) is 12.7. The predicted octanol–water partition coefficient (Wildman–Crippen LogP) is 4.88. The van der Waals surface area contributed by atoms with Crippen molar-refractivity contribution in [2.45, 2.75) is 12.3 Å². The Labute approximate surface area is 110 Å². The van der Waals surface area contributed by atoms with Crippen LogP contribution in [0.25, 0.3) is 10.1 Å². The molecule has 90 valence electrons. The van der Waals surface area contributed by atoms with Gasteiger partial charge in [-0.25, -0.2) is 0 Å². The summed E-state index contributed by atoms with van der Waals surface area (Å²) in [6.45, 7) is 1.60. The minimum atomic E-state index is -3.87. The first-order valence-corrected chi connectivity index (χ1v) is 6.18. The highest BCUT2D eigenvalue weighted by Gasteiger charge is 2.38. The first-order chi connectivity index (χ1) is 7.80. The van der Waals surface area contributed by atoms with Crippen molar-refractivity contribution in [3.8, 4) is 0 Å². The predicted molar refractivity (Wildman–Crippen MR) is 66.7 cm³/mol. The second kappa shape index (κ2) is 4.19. The van der Waals surface area contributed by atoms with Gasteiger partial charge in [0, 0.05) is 9.72 Å². The highest BCUT2D eigenvalue weighted by Crippen LogP contribution is 2.36. The van der Waals surface area contributed by atoms with E-state index in [0.717, 1.165) is 16.0 Å². The molecule has 0 fully saturated rings. The van der Waals surface area contributed by atoms with Crippen LogP contribution in [0, 0.1) is 6.92 Å². The van der Waals surface area contributed by atoms with Gasteiger partial charge in [0.25, 0.3) is 5.78 Å². The maximum atomic E-state index is 12.8. The van der Waals surface area contributed by atoms with Crippen molar-refractivity contribution in [2.24, 2.45) is 0 Å². The number of hydrogen-bond acceptors (Lipinski definition) is 2. The molecule has 0 atom stereocenters. The zero-order valence-electron chi connectivity index (χ0n) is 8.56. The van der Waals surface area contributed by atoms with Crippen LogP contribution >= 0.6 is 34.5 Å². The summed E-state index contributed by atoms with van der Waals surface area (Å²) in [7, 11) is 0. The Morgan fingerprint density at radius 3 is 2.65 bits per heavy atom. The Morgan fingerprint density at radius 2 is 2.06 bits per heavy atom. The molecular weight excluding hydrogens is 289 g/mol. The van der Waals surface area contributed by atoms with E-state index in [1.165, 1.54) is 0 Å². The van der Waals surface area contributed by atoms with Crippen LogP contribution < -0.4 is 0 Å². The average Bonchev–Trinajstić information content (AvgIpc) is 2.54. The highest BCUT2D eigenvalue weighted by molar-refractivity contribution is 7.21. The molecule has 2 aromatic rings. The van der Waals surface area contributed by atoms with E-state index >= 15 is 0 Å². The van der Waals surface area contributed by atoms with Crippen LogP contribution in [-0.4, -0.2) is 11.2 Å². The molecular formula is C11H6Cl2F2OS. The van der Waals surface area contributed by atoms with Crippen molar-refractivity contribution >= 4 is 50.4 Å². The van der Waals surface area contributed by atoms with Crippen molar-refractivity contribution in [1.82, 2.24) is 0 Å². The molecule has 0 saturated heterocycles. The fourth-order valence-electron chi connectivity index (χ4n) is 1.54. The zero-order chi connectivity index (χ0) is 12.8. The van der Waals surface area contributed by atoms with E-state index in [-0.39, 0.29) is 4.88 Å². The van der Waals surface area contributed by atoms with Gasteiger partial charge >= 0.3 is 5.38 Å². The summed E-state index contributed by atoms with van der Waals surface area (Å²) in [6, 6.07) is 4.98. The number of fused-ring (bicyclic) bond motifs is 1. The quantitative estimate of drug-likeness (QED) is 0.570.